The molecule has 0 radical (unpaired) electrons. The van der Waals surface area contributed by atoms with Crippen molar-refractivity contribution in [2.45, 2.75) is 64.8 Å². The summed E-state index contributed by atoms with van der Waals surface area (Å²) in [4.78, 5) is 5.36. The van der Waals surface area contributed by atoms with Crippen molar-refractivity contribution in [3.05, 3.63) is 17.0 Å². The first-order valence-corrected chi connectivity index (χ1v) is 9.58. The van der Waals surface area contributed by atoms with Gasteiger partial charge < -0.3 is 9.80 Å². The molecule has 3 heterocycles. The molecule has 130 valence electrons. The van der Waals surface area contributed by atoms with Crippen LogP contribution in [0.3, 0.4) is 0 Å². The monoisotopic (exact) mass is 318 g/mol. The number of H-pyrrole nitrogens is 1. The first kappa shape index (κ1) is 17.0. The smallest absolute Gasteiger partial charge is 0.0625 e. The lowest BCUT2D eigenvalue weighted by Gasteiger charge is -2.45. The highest BCUT2D eigenvalue weighted by Crippen LogP contribution is 2.31. The number of fused-ring (bicyclic) bond motifs is 1. The molecule has 23 heavy (non-hydrogen) atoms. The van der Waals surface area contributed by atoms with E-state index in [-0.39, 0.29) is 0 Å². The summed E-state index contributed by atoms with van der Waals surface area (Å²) in [5.74, 6) is 0.895. The van der Waals surface area contributed by atoms with Crippen molar-refractivity contribution >= 4 is 0 Å². The van der Waals surface area contributed by atoms with Gasteiger partial charge in [0.05, 0.1) is 5.69 Å². The Bertz CT molecular complexity index is 474. The third-order valence-corrected chi connectivity index (χ3v) is 6.02. The number of aryl methyl sites for hydroxylation is 2. The average molecular weight is 319 g/mol. The summed E-state index contributed by atoms with van der Waals surface area (Å²) in [5, 5.41) is 7.41. The van der Waals surface area contributed by atoms with E-state index in [0.717, 1.165) is 18.4 Å². The van der Waals surface area contributed by atoms with Crippen LogP contribution >= 0.6 is 0 Å². The number of aromatic amines is 1. The Morgan fingerprint density at radius 3 is 2.78 bits per heavy atom. The highest BCUT2D eigenvalue weighted by Gasteiger charge is 2.33. The van der Waals surface area contributed by atoms with E-state index in [1.54, 1.807) is 0 Å². The van der Waals surface area contributed by atoms with E-state index in [9.17, 15) is 0 Å². The number of rotatable bonds is 6. The predicted octanol–water partition coefficient (Wildman–Crippen LogP) is 3.16. The first-order chi connectivity index (χ1) is 11.1. The van der Waals surface area contributed by atoms with Crippen molar-refractivity contribution in [3.63, 3.8) is 0 Å². The molecule has 0 spiro atoms. The van der Waals surface area contributed by atoms with Crippen molar-refractivity contribution in [3.8, 4) is 0 Å². The van der Waals surface area contributed by atoms with Gasteiger partial charge in [0, 0.05) is 18.3 Å². The maximum atomic E-state index is 4.31. The van der Waals surface area contributed by atoms with Gasteiger partial charge in [-0.25, -0.2) is 0 Å². The number of nitrogens with zero attached hydrogens (tertiary/aromatic N) is 3. The molecule has 3 rings (SSSR count). The summed E-state index contributed by atoms with van der Waals surface area (Å²) in [6, 6.07) is 0.873. The van der Waals surface area contributed by atoms with Crippen LogP contribution in [-0.2, 0) is 6.42 Å². The summed E-state index contributed by atoms with van der Waals surface area (Å²) in [6.07, 6.45) is 9.53. The molecule has 2 saturated heterocycles. The fraction of sp³-hybridized carbons (Fsp3) is 0.842. The molecule has 4 heteroatoms. The number of piperidine rings is 2. The zero-order valence-corrected chi connectivity index (χ0v) is 15.3. The van der Waals surface area contributed by atoms with Gasteiger partial charge >= 0.3 is 0 Å². The quantitative estimate of drug-likeness (QED) is 0.875. The number of aromatic nitrogens is 2. The molecule has 4 nitrogen and oxygen atoms in total. The second-order valence-electron chi connectivity index (χ2n) is 7.78. The highest BCUT2D eigenvalue weighted by atomic mass is 15.2. The Hall–Kier alpha value is -0.870. The fourth-order valence-corrected chi connectivity index (χ4v) is 4.75. The number of hydrogen-bond donors (Lipinski definition) is 1. The maximum Gasteiger partial charge on any atom is 0.0625 e. The minimum atomic E-state index is 0.873. The van der Waals surface area contributed by atoms with Crippen LogP contribution in [0.4, 0.5) is 0 Å². The maximum absolute atomic E-state index is 4.31. The lowest BCUT2D eigenvalue weighted by molar-refractivity contribution is 0.0444. The summed E-state index contributed by atoms with van der Waals surface area (Å²) >= 11 is 0. The van der Waals surface area contributed by atoms with Gasteiger partial charge in [0.1, 0.15) is 0 Å². The molecule has 2 atom stereocenters. The van der Waals surface area contributed by atoms with E-state index in [4.69, 9.17) is 0 Å². The summed E-state index contributed by atoms with van der Waals surface area (Å²) in [6.45, 7) is 9.44. The molecule has 0 amide bonds. The lowest BCUT2D eigenvalue weighted by Crippen LogP contribution is -2.50. The molecular formula is C19H34N4. The Morgan fingerprint density at radius 2 is 2.00 bits per heavy atom. The Balaban J connectivity index is 1.44. The van der Waals surface area contributed by atoms with E-state index in [1.165, 1.54) is 81.7 Å². The molecular weight excluding hydrogens is 284 g/mol. The molecule has 1 N–H and O–H groups in total. The Morgan fingerprint density at radius 1 is 1.17 bits per heavy atom. The third kappa shape index (κ3) is 4.16. The Kier molecular flexibility index (Phi) is 5.76. The van der Waals surface area contributed by atoms with Crippen LogP contribution in [0.2, 0.25) is 0 Å². The van der Waals surface area contributed by atoms with E-state index in [2.05, 4.69) is 40.9 Å². The highest BCUT2D eigenvalue weighted by molar-refractivity contribution is 5.23. The largest absolute Gasteiger partial charge is 0.306 e. The van der Waals surface area contributed by atoms with Crippen LogP contribution in [0, 0.1) is 19.8 Å². The molecule has 1 aromatic rings. The van der Waals surface area contributed by atoms with Gasteiger partial charge in [-0.2, -0.15) is 5.10 Å². The molecule has 0 unspecified atom stereocenters. The van der Waals surface area contributed by atoms with Crippen LogP contribution in [0.1, 0.15) is 55.5 Å². The zero-order valence-electron chi connectivity index (χ0n) is 15.3. The van der Waals surface area contributed by atoms with E-state index in [1.807, 2.05) is 0 Å². The lowest BCUT2D eigenvalue weighted by atomic mass is 9.83. The van der Waals surface area contributed by atoms with Crippen molar-refractivity contribution in [2.75, 3.05) is 33.2 Å². The minimum absolute atomic E-state index is 0.873. The standard InChI is InChI=1S/C19H34N4/c1-15-18(16(2)21-20-15)9-7-11-22(3)14-17-8-6-13-23-12-5-4-10-19(17)23/h17,19H,4-14H2,1-3H3,(H,20,21)/t17-,19+/m0/s1. The van der Waals surface area contributed by atoms with Gasteiger partial charge in [0.15, 0.2) is 0 Å². The SMILES string of the molecule is Cc1n[nH]c(C)c1CCCN(C)C[C@@H]1CCCN2CCCC[C@H]12. The molecule has 1 aromatic heterocycles. The molecule has 2 aliphatic rings. The van der Waals surface area contributed by atoms with Gasteiger partial charge in [-0.05, 0) is 90.5 Å². The molecule has 2 aliphatic heterocycles. The fourth-order valence-electron chi connectivity index (χ4n) is 4.75. The van der Waals surface area contributed by atoms with Crippen molar-refractivity contribution in [1.29, 1.82) is 0 Å². The summed E-state index contributed by atoms with van der Waals surface area (Å²) < 4.78 is 0. The van der Waals surface area contributed by atoms with Crippen LogP contribution in [0.25, 0.3) is 0 Å². The normalized spacial score (nSPS) is 25.7. The second kappa shape index (κ2) is 7.80. The van der Waals surface area contributed by atoms with Crippen molar-refractivity contribution < 1.29 is 0 Å². The van der Waals surface area contributed by atoms with Gasteiger partial charge in [-0.15, -0.1) is 0 Å². The summed E-state index contributed by atoms with van der Waals surface area (Å²) in [5.41, 5.74) is 3.85. The zero-order chi connectivity index (χ0) is 16.2. The molecule has 0 saturated carbocycles. The van der Waals surface area contributed by atoms with E-state index >= 15 is 0 Å². The first-order valence-electron chi connectivity index (χ1n) is 9.58. The van der Waals surface area contributed by atoms with E-state index in [0.29, 0.717) is 0 Å². The van der Waals surface area contributed by atoms with Crippen LogP contribution in [-0.4, -0.2) is 59.3 Å². The van der Waals surface area contributed by atoms with Gasteiger partial charge in [0.2, 0.25) is 0 Å². The minimum Gasteiger partial charge on any atom is -0.306 e. The molecule has 0 aromatic carbocycles. The number of nitrogens with one attached hydrogen (secondary N) is 1. The Labute approximate surface area is 141 Å². The van der Waals surface area contributed by atoms with Gasteiger partial charge in [0.25, 0.3) is 0 Å². The van der Waals surface area contributed by atoms with Crippen molar-refractivity contribution in [1.82, 2.24) is 20.0 Å². The molecule has 0 bridgehead atoms. The predicted molar refractivity (Wildman–Crippen MR) is 95.8 cm³/mol. The van der Waals surface area contributed by atoms with Crippen LogP contribution in [0.5, 0.6) is 0 Å². The number of hydrogen-bond acceptors (Lipinski definition) is 3. The van der Waals surface area contributed by atoms with Crippen LogP contribution < -0.4 is 0 Å². The molecule has 0 aliphatic carbocycles. The second-order valence-corrected chi connectivity index (χ2v) is 7.78. The third-order valence-electron chi connectivity index (χ3n) is 6.02. The average Bonchev–Trinajstić information content (AvgIpc) is 2.87. The van der Waals surface area contributed by atoms with Crippen molar-refractivity contribution in [2.24, 2.45) is 5.92 Å². The molecule has 2 fully saturated rings. The van der Waals surface area contributed by atoms with Crippen LogP contribution in [0.15, 0.2) is 0 Å². The van der Waals surface area contributed by atoms with Gasteiger partial charge in [-0.3, -0.25) is 5.10 Å². The van der Waals surface area contributed by atoms with E-state index < -0.39 is 0 Å². The topological polar surface area (TPSA) is 35.2 Å². The van der Waals surface area contributed by atoms with Gasteiger partial charge in [-0.1, -0.05) is 6.42 Å². The summed E-state index contributed by atoms with van der Waals surface area (Å²) in [7, 11) is 2.32.